The van der Waals surface area contributed by atoms with Crippen LogP contribution in [0.4, 0.5) is 11.4 Å². The van der Waals surface area contributed by atoms with Crippen molar-refractivity contribution < 1.29 is 14.8 Å². The number of aromatic hydroxyl groups is 1. The van der Waals surface area contributed by atoms with Gasteiger partial charge in [0.25, 0.3) is 5.69 Å². The first-order valence-corrected chi connectivity index (χ1v) is 6.00. The predicted octanol–water partition coefficient (Wildman–Crippen LogP) is 1.51. The molecule has 0 bridgehead atoms. The molecular weight excluding hydrogens is 250 g/mol. The Morgan fingerprint density at radius 1 is 1.42 bits per heavy atom. The Morgan fingerprint density at radius 3 is 2.63 bits per heavy atom. The number of carbonyl (C=O) groups excluding carboxylic acids is 1. The van der Waals surface area contributed by atoms with E-state index in [1.807, 2.05) is 0 Å². The van der Waals surface area contributed by atoms with Crippen molar-refractivity contribution in [2.24, 2.45) is 5.73 Å². The molecule has 1 fully saturated rings. The second-order valence-electron chi connectivity index (χ2n) is 4.78. The highest BCUT2D eigenvalue weighted by molar-refractivity contribution is 5.99. The molecule has 1 aromatic rings. The van der Waals surface area contributed by atoms with Gasteiger partial charge in [-0.1, -0.05) is 12.8 Å². The third kappa shape index (κ3) is 2.65. The average molecular weight is 265 g/mol. The van der Waals surface area contributed by atoms with Crippen LogP contribution in [0, 0.1) is 10.1 Å². The van der Waals surface area contributed by atoms with E-state index >= 15 is 0 Å². The number of anilines is 1. The lowest BCUT2D eigenvalue weighted by Gasteiger charge is -2.22. The van der Waals surface area contributed by atoms with E-state index in [1.165, 1.54) is 12.1 Å². The zero-order valence-corrected chi connectivity index (χ0v) is 10.3. The molecule has 0 saturated heterocycles. The molecular formula is C12H15N3O4. The van der Waals surface area contributed by atoms with Crippen molar-refractivity contribution in [1.82, 2.24) is 0 Å². The van der Waals surface area contributed by atoms with Crippen LogP contribution in [0.25, 0.3) is 0 Å². The van der Waals surface area contributed by atoms with Gasteiger partial charge >= 0.3 is 0 Å². The molecule has 1 aromatic carbocycles. The van der Waals surface area contributed by atoms with Gasteiger partial charge in [0, 0.05) is 0 Å². The van der Waals surface area contributed by atoms with E-state index in [2.05, 4.69) is 5.32 Å². The second-order valence-corrected chi connectivity index (χ2v) is 4.78. The Morgan fingerprint density at radius 2 is 2.05 bits per heavy atom. The SMILES string of the molecule is NC1(C(=O)Nc2ccc(O)cc2[N+](=O)[O-])CCCC1. The van der Waals surface area contributed by atoms with E-state index in [1.54, 1.807) is 0 Å². The summed E-state index contributed by atoms with van der Waals surface area (Å²) < 4.78 is 0. The lowest BCUT2D eigenvalue weighted by molar-refractivity contribution is -0.384. The number of benzene rings is 1. The molecule has 1 saturated carbocycles. The van der Waals surface area contributed by atoms with E-state index in [0.29, 0.717) is 12.8 Å². The summed E-state index contributed by atoms with van der Waals surface area (Å²) in [5.74, 6) is -0.646. The maximum absolute atomic E-state index is 12.1. The van der Waals surface area contributed by atoms with Crippen molar-refractivity contribution in [3.05, 3.63) is 28.3 Å². The standard InChI is InChI=1S/C12H15N3O4/c13-12(5-1-2-6-12)11(17)14-9-4-3-8(16)7-10(9)15(18)19/h3-4,7,16H,1-2,5-6,13H2,(H,14,17). The quantitative estimate of drug-likeness (QED) is 0.435. The highest BCUT2D eigenvalue weighted by Crippen LogP contribution is 2.32. The summed E-state index contributed by atoms with van der Waals surface area (Å²) in [7, 11) is 0. The number of nitrogens with zero attached hydrogens (tertiary/aromatic N) is 1. The zero-order chi connectivity index (χ0) is 14.0. The fourth-order valence-electron chi connectivity index (χ4n) is 2.26. The third-order valence-corrected chi connectivity index (χ3v) is 3.37. The lowest BCUT2D eigenvalue weighted by Crippen LogP contribution is -2.48. The van der Waals surface area contributed by atoms with E-state index in [9.17, 15) is 20.0 Å². The average Bonchev–Trinajstić information content (AvgIpc) is 2.79. The number of amides is 1. The fourth-order valence-corrected chi connectivity index (χ4v) is 2.26. The molecule has 1 amide bonds. The van der Waals surface area contributed by atoms with Crippen molar-refractivity contribution in [2.75, 3.05) is 5.32 Å². The Kier molecular flexibility index (Phi) is 3.39. The summed E-state index contributed by atoms with van der Waals surface area (Å²) in [4.78, 5) is 22.3. The number of rotatable bonds is 3. The van der Waals surface area contributed by atoms with Gasteiger partial charge < -0.3 is 16.2 Å². The van der Waals surface area contributed by atoms with Gasteiger partial charge in [-0.15, -0.1) is 0 Å². The van der Waals surface area contributed by atoms with Crippen molar-refractivity contribution >= 4 is 17.3 Å². The molecule has 0 heterocycles. The zero-order valence-electron chi connectivity index (χ0n) is 10.3. The van der Waals surface area contributed by atoms with E-state index in [-0.39, 0.29) is 17.1 Å². The van der Waals surface area contributed by atoms with Gasteiger partial charge in [-0.25, -0.2) is 0 Å². The first-order valence-electron chi connectivity index (χ1n) is 6.00. The predicted molar refractivity (Wildman–Crippen MR) is 68.8 cm³/mol. The largest absolute Gasteiger partial charge is 0.508 e. The number of nitro groups is 1. The molecule has 0 radical (unpaired) electrons. The van der Waals surface area contributed by atoms with Crippen LogP contribution in [-0.2, 0) is 4.79 Å². The molecule has 19 heavy (non-hydrogen) atoms. The number of nitrogens with two attached hydrogens (primary N) is 1. The van der Waals surface area contributed by atoms with Crippen LogP contribution in [-0.4, -0.2) is 21.5 Å². The molecule has 0 aromatic heterocycles. The molecule has 7 heteroatoms. The Bertz CT molecular complexity index is 524. The Labute approximate surface area is 109 Å². The number of hydrogen-bond donors (Lipinski definition) is 3. The fraction of sp³-hybridized carbons (Fsp3) is 0.417. The lowest BCUT2D eigenvalue weighted by atomic mass is 9.98. The van der Waals surface area contributed by atoms with E-state index in [0.717, 1.165) is 18.9 Å². The van der Waals surface area contributed by atoms with Crippen molar-refractivity contribution in [1.29, 1.82) is 0 Å². The third-order valence-electron chi connectivity index (χ3n) is 3.37. The van der Waals surface area contributed by atoms with Crippen LogP contribution in [0.5, 0.6) is 5.75 Å². The molecule has 4 N–H and O–H groups in total. The number of phenols is 1. The number of phenolic OH excluding ortho intramolecular Hbond substituents is 1. The van der Waals surface area contributed by atoms with Crippen LogP contribution in [0.15, 0.2) is 18.2 Å². The van der Waals surface area contributed by atoms with Gasteiger partial charge in [0.2, 0.25) is 5.91 Å². The van der Waals surface area contributed by atoms with Gasteiger partial charge in [-0.3, -0.25) is 14.9 Å². The minimum Gasteiger partial charge on any atom is -0.508 e. The van der Waals surface area contributed by atoms with Crippen LogP contribution in [0.1, 0.15) is 25.7 Å². The molecule has 102 valence electrons. The van der Waals surface area contributed by atoms with Gasteiger partial charge in [-0.2, -0.15) is 0 Å². The molecule has 0 aliphatic heterocycles. The summed E-state index contributed by atoms with van der Waals surface area (Å²) in [6.07, 6.45) is 2.90. The maximum Gasteiger partial charge on any atom is 0.296 e. The number of hydrogen-bond acceptors (Lipinski definition) is 5. The van der Waals surface area contributed by atoms with E-state index < -0.39 is 16.4 Å². The normalized spacial score (nSPS) is 17.1. The number of nitro benzene ring substituents is 1. The van der Waals surface area contributed by atoms with E-state index in [4.69, 9.17) is 5.73 Å². The van der Waals surface area contributed by atoms with Crippen LogP contribution in [0.3, 0.4) is 0 Å². The van der Waals surface area contributed by atoms with Gasteiger partial charge in [0.05, 0.1) is 16.5 Å². The van der Waals surface area contributed by atoms with Gasteiger partial charge in [0.1, 0.15) is 11.4 Å². The van der Waals surface area contributed by atoms with Crippen LogP contribution in [0.2, 0.25) is 0 Å². The smallest absolute Gasteiger partial charge is 0.296 e. The van der Waals surface area contributed by atoms with Crippen molar-refractivity contribution in [3.8, 4) is 5.75 Å². The first kappa shape index (κ1) is 13.3. The van der Waals surface area contributed by atoms with Crippen LogP contribution >= 0.6 is 0 Å². The number of nitrogens with one attached hydrogen (secondary N) is 1. The molecule has 0 spiro atoms. The van der Waals surface area contributed by atoms with Crippen LogP contribution < -0.4 is 11.1 Å². The summed E-state index contributed by atoms with van der Waals surface area (Å²) in [5.41, 5.74) is 4.72. The Balaban J connectivity index is 2.23. The van der Waals surface area contributed by atoms with Crippen molar-refractivity contribution in [3.63, 3.8) is 0 Å². The highest BCUT2D eigenvalue weighted by atomic mass is 16.6. The van der Waals surface area contributed by atoms with Crippen molar-refractivity contribution in [2.45, 2.75) is 31.2 Å². The summed E-state index contributed by atoms with van der Waals surface area (Å²) in [5, 5.41) is 22.6. The monoisotopic (exact) mass is 265 g/mol. The van der Waals surface area contributed by atoms with Gasteiger partial charge in [-0.05, 0) is 25.0 Å². The molecule has 0 unspecified atom stereocenters. The summed E-state index contributed by atoms with van der Waals surface area (Å²) in [6.45, 7) is 0. The minimum absolute atomic E-state index is 0.0459. The minimum atomic E-state index is -0.953. The maximum atomic E-state index is 12.1. The molecule has 1 aliphatic carbocycles. The molecule has 7 nitrogen and oxygen atoms in total. The molecule has 1 aliphatic rings. The topological polar surface area (TPSA) is 118 Å². The first-order chi connectivity index (χ1) is 8.92. The molecule has 2 rings (SSSR count). The van der Waals surface area contributed by atoms with Gasteiger partial charge in [0.15, 0.2) is 0 Å². The molecule has 0 atom stereocenters. The Hall–Kier alpha value is -2.15. The summed E-state index contributed by atoms with van der Waals surface area (Å²) in [6, 6.07) is 3.57. The summed E-state index contributed by atoms with van der Waals surface area (Å²) >= 11 is 0. The second kappa shape index (κ2) is 4.85. The highest BCUT2D eigenvalue weighted by Gasteiger charge is 2.37. The number of carbonyl (C=O) groups is 1.